The van der Waals surface area contributed by atoms with Crippen molar-refractivity contribution in [1.82, 2.24) is 4.90 Å². The monoisotopic (exact) mass is 351 g/mol. The van der Waals surface area contributed by atoms with Crippen LogP contribution < -0.4 is 0 Å². The Kier molecular flexibility index (Phi) is 5.03. The van der Waals surface area contributed by atoms with Gasteiger partial charge in [0.05, 0.1) is 17.4 Å². The van der Waals surface area contributed by atoms with Crippen LogP contribution in [0.4, 0.5) is 13.2 Å². The highest BCUT2D eigenvalue weighted by atomic mass is 19.2. The Morgan fingerprint density at radius 3 is 2.44 bits per heavy atom. The molecular weight excluding hydrogens is 333 g/mol. The van der Waals surface area contributed by atoms with E-state index in [0.29, 0.717) is 30.6 Å². The fourth-order valence-electron chi connectivity index (χ4n) is 3.31. The second-order valence-electron chi connectivity index (χ2n) is 6.11. The molecule has 3 rings (SSSR count). The van der Waals surface area contributed by atoms with E-state index in [9.17, 15) is 18.1 Å². The largest absolute Gasteiger partial charge is 0.291 e. The maximum atomic E-state index is 14.2. The molecule has 4 nitrogen and oxygen atoms in total. The maximum Gasteiger partial charge on any atom is 0.277 e. The Labute approximate surface area is 143 Å². The second-order valence-corrected chi connectivity index (χ2v) is 6.11. The normalized spacial score (nSPS) is 20.6. The molecule has 1 fully saturated rings. The molecular formula is C18H18F3N2O2+. The van der Waals surface area contributed by atoms with Gasteiger partial charge in [0.15, 0.2) is 18.7 Å². The fraction of sp³-hybridized carbons (Fsp3) is 0.333. The molecule has 0 bridgehead atoms. The molecule has 1 aliphatic heterocycles. The average Bonchev–Trinajstić information content (AvgIpc) is 3.02. The summed E-state index contributed by atoms with van der Waals surface area (Å²) < 4.78 is 41.0. The molecule has 7 heteroatoms. The van der Waals surface area contributed by atoms with Gasteiger partial charge in [-0.25, -0.2) is 18.0 Å². The van der Waals surface area contributed by atoms with Crippen LogP contribution in [-0.2, 0) is 11.4 Å². The molecule has 0 aromatic heterocycles. The molecule has 2 unspecified atom stereocenters. The Balaban J connectivity index is 1.88. The predicted molar refractivity (Wildman–Crippen MR) is 85.2 cm³/mol. The fourth-order valence-corrected chi connectivity index (χ4v) is 3.31. The topological polar surface area (TPSA) is 32.6 Å². The van der Waals surface area contributed by atoms with Crippen LogP contribution in [0, 0.1) is 22.4 Å². The van der Waals surface area contributed by atoms with Crippen molar-refractivity contribution in [3.8, 4) is 0 Å². The molecule has 0 saturated carbocycles. The van der Waals surface area contributed by atoms with Gasteiger partial charge in [0.25, 0.3) is 6.04 Å². The Bertz CT molecular complexity index is 770. The molecule has 0 amide bonds. The van der Waals surface area contributed by atoms with E-state index < -0.39 is 29.4 Å². The zero-order chi connectivity index (χ0) is 18.0. The third-order valence-corrected chi connectivity index (χ3v) is 4.50. The Morgan fingerprint density at radius 1 is 1.08 bits per heavy atom. The van der Waals surface area contributed by atoms with Crippen molar-refractivity contribution < 1.29 is 22.9 Å². The molecule has 0 aliphatic carbocycles. The van der Waals surface area contributed by atoms with Crippen molar-refractivity contribution in [2.45, 2.75) is 18.5 Å². The lowest BCUT2D eigenvalue weighted by Gasteiger charge is -2.15. The molecule has 1 heterocycles. The van der Waals surface area contributed by atoms with Gasteiger partial charge in [-0.15, -0.1) is 0 Å². The molecule has 2 aromatic rings. The van der Waals surface area contributed by atoms with Gasteiger partial charge in [-0.05, 0) is 11.6 Å². The predicted octanol–water partition coefficient (Wildman–Crippen LogP) is 3.41. The van der Waals surface area contributed by atoms with E-state index in [2.05, 4.69) is 0 Å². The highest BCUT2D eigenvalue weighted by molar-refractivity contribution is 5.27. The van der Waals surface area contributed by atoms with Gasteiger partial charge >= 0.3 is 0 Å². The molecule has 1 aliphatic rings. The molecule has 132 valence electrons. The van der Waals surface area contributed by atoms with Crippen LogP contribution >= 0.6 is 0 Å². The van der Waals surface area contributed by atoms with Gasteiger partial charge in [0.2, 0.25) is 4.92 Å². The molecule has 0 spiro atoms. The van der Waals surface area contributed by atoms with Gasteiger partial charge in [-0.2, -0.15) is 0 Å². The number of benzene rings is 2. The minimum Gasteiger partial charge on any atom is -0.291 e. The van der Waals surface area contributed by atoms with Crippen LogP contribution in [-0.4, -0.2) is 36.1 Å². The van der Waals surface area contributed by atoms with E-state index >= 15 is 0 Å². The first kappa shape index (κ1) is 17.4. The molecule has 0 N–H and O–H groups in total. The van der Waals surface area contributed by atoms with Crippen LogP contribution in [0.25, 0.3) is 0 Å². The zero-order valence-electron chi connectivity index (χ0n) is 13.7. The summed E-state index contributed by atoms with van der Waals surface area (Å²) >= 11 is 0. The summed E-state index contributed by atoms with van der Waals surface area (Å²) in [6.45, 7) is 1.23. The standard InChI is InChI=1S/C18H18F3N2O2/c1-25-23(24)18-11-22(9-12-5-3-2-4-6-12)10-14(18)13-7-16(20)17(21)8-15(13)19/h2-8,14,18H,9-11H2,1H3/q+1. The number of nitrogens with zero attached hydrogens (tertiary/aromatic N) is 2. The average molecular weight is 351 g/mol. The first-order chi connectivity index (χ1) is 12.0. The Morgan fingerprint density at radius 2 is 1.76 bits per heavy atom. The minimum atomic E-state index is -1.25. The number of halogens is 3. The van der Waals surface area contributed by atoms with Crippen molar-refractivity contribution in [3.63, 3.8) is 0 Å². The summed E-state index contributed by atoms with van der Waals surface area (Å²) in [5.74, 6) is -3.87. The zero-order valence-corrected chi connectivity index (χ0v) is 13.7. The highest BCUT2D eigenvalue weighted by Crippen LogP contribution is 2.33. The van der Waals surface area contributed by atoms with Gasteiger partial charge in [0.1, 0.15) is 5.82 Å². The van der Waals surface area contributed by atoms with E-state index in [1.807, 2.05) is 35.2 Å². The number of hydrogen-bond donors (Lipinski definition) is 0. The summed E-state index contributed by atoms with van der Waals surface area (Å²) in [4.78, 5) is 19.1. The molecule has 2 atom stereocenters. The van der Waals surface area contributed by atoms with Crippen molar-refractivity contribution in [3.05, 3.63) is 76.0 Å². The van der Waals surface area contributed by atoms with Crippen molar-refractivity contribution in [2.75, 3.05) is 20.2 Å². The lowest BCUT2D eigenvalue weighted by atomic mass is 9.94. The smallest absolute Gasteiger partial charge is 0.277 e. The van der Waals surface area contributed by atoms with E-state index in [1.54, 1.807) is 0 Å². The van der Waals surface area contributed by atoms with Gasteiger partial charge in [-0.1, -0.05) is 30.3 Å². The van der Waals surface area contributed by atoms with Crippen LogP contribution in [0.3, 0.4) is 0 Å². The van der Waals surface area contributed by atoms with Crippen LogP contribution in [0.2, 0.25) is 0 Å². The third-order valence-electron chi connectivity index (χ3n) is 4.50. The van der Waals surface area contributed by atoms with Crippen molar-refractivity contribution in [2.24, 2.45) is 0 Å². The van der Waals surface area contributed by atoms with Gasteiger partial charge in [0, 0.05) is 24.7 Å². The lowest BCUT2D eigenvalue weighted by Crippen LogP contribution is -2.31. The Hall–Kier alpha value is -2.41. The number of rotatable bonds is 5. The van der Waals surface area contributed by atoms with Crippen LogP contribution in [0.1, 0.15) is 17.0 Å². The molecule has 0 radical (unpaired) electrons. The van der Waals surface area contributed by atoms with Crippen molar-refractivity contribution >= 4 is 0 Å². The summed E-state index contributed by atoms with van der Waals surface area (Å²) in [6, 6.07) is 10.3. The second kappa shape index (κ2) is 7.23. The minimum absolute atomic E-state index is 0.0163. The summed E-state index contributed by atoms with van der Waals surface area (Å²) in [7, 11) is 1.23. The van der Waals surface area contributed by atoms with E-state index in [0.717, 1.165) is 11.6 Å². The number of likely N-dealkylation sites (tertiary alicyclic amines) is 1. The maximum absolute atomic E-state index is 14.2. The van der Waals surface area contributed by atoms with E-state index in [4.69, 9.17) is 4.84 Å². The lowest BCUT2D eigenvalue weighted by molar-refractivity contribution is -0.819. The third kappa shape index (κ3) is 3.66. The SMILES string of the molecule is CO[N+](=O)C1CN(Cc2ccccc2)CC1c1cc(F)c(F)cc1F. The summed E-state index contributed by atoms with van der Waals surface area (Å²) in [5.41, 5.74) is 1.03. The van der Waals surface area contributed by atoms with Gasteiger partial charge < -0.3 is 0 Å². The highest BCUT2D eigenvalue weighted by Gasteiger charge is 2.47. The molecule has 25 heavy (non-hydrogen) atoms. The van der Waals surface area contributed by atoms with Gasteiger partial charge in [-0.3, -0.25) is 4.90 Å². The molecule has 2 aromatic carbocycles. The van der Waals surface area contributed by atoms with Crippen LogP contribution in [0.15, 0.2) is 42.5 Å². The number of hydrogen-bond acceptors (Lipinski definition) is 3. The quantitative estimate of drug-likeness (QED) is 0.611. The summed E-state index contributed by atoms with van der Waals surface area (Å²) in [6.07, 6.45) is 0. The first-order valence-corrected chi connectivity index (χ1v) is 7.90. The molecule has 1 saturated heterocycles. The van der Waals surface area contributed by atoms with Crippen LogP contribution in [0.5, 0.6) is 0 Å². The van der Waals surface area contributed by atoms with E-state index in [-0.39, 0.29) is 5.56 Å². The van der Waals surface area contributed by atoms with E-state index in [1.165, 1.54) is 7.11 Å². The summed E-state index contributed by atoms with van der Waals surface area (Å²) in [5, 5.41) is 0. The first-order valence-electron chi connectivity index (χ1n) is 7.90. The van der Waals surface area contributed by atoms with Crippen molar-refractivity contribution in [1.29, 1.82) is 0 Å².